The number of hydrogen-bond donors (Lipinski definition) is 1. The molecule has 2 aromatic heterocycles. The molecule has 0 unspecified atom stereocenters. The Morgan fingerprint density at radius 3 is 2.89 bits per heavy atom. The van der Waals surface area contributed by atoms with Crippen LogP contribution in [0.25, 0.3) is 5.13 Å². The fourth-order valence-corrected chi connectivity index (χ4v) is 2.78. The first-order valence-electron chi connectivity index (χ1n) is 5.55. The summed E-state index contributed by atoms with van der Waals surface area (Å²) in [4.78, 5) is 30.6. The van der Waals surface area contributed by atoms with Gasteiger partial charge in [0.1, 0.15) is 5.15 Å². The van der Waals surface area contributed by atoms with Gasteiger partial charge in [0, 0.05) is 11.3 Å². The average molecular weight is 284 g/mol. The second kappa shape index (κ2) is 4.07. The second-order valence-corrected chi connectivity index (χ2v) is 5.55. The Morgan fingerprint density at radius 2 is 2.22 bits per heavy atom. The van der Waals surface area contributed by atoms with Gasteiger partial charge in [-0.1, -0.05) is 11.6 Å². The van der Waals surface area contributed by atoms with Gasteiger partial charge in [-0.2, -0.15) is 0 Å². The molecular weight excluding hydrogens is 274 g/mol. The minimum Gasteiger partial charge on any atom is -0.297 e. The molecule has 0 aromatic carbocycles. The van der Waals surface area contributed by atoms with E-state index in [9.17, 15) is 9.59 Å². The summed E-state index contributed by atoms with van der Waals surface area (Å²) in [6.45, 7) is 1.58. The van der Waals surface area contributed by atoms with E-state index in [0.717, 1.165) is 23.1 Å². The number of hydrogen-bond acceptors (Lipinski definition) is 4. The summed E-state index contributed by atoms with van der Waals surface area (Å²) in [5.41, 5.74) is 0.320. The molecule has 2 aromatic rings. The molecule has 0 spiro atoms. The second-order valence-electron chi connectivity index (χ2n) is 4.34. The Balaban J connectivity index is 2.18. The number of aromatic nitrogens is 3. The van der Waals surface area contributed by atoms with Crippen LogP contribution in [0.2, 0.25) is 5.15 Å². The van der Waals surface area contributed by atoms with Gasteiger partial charge in [0.25, 0.3) is 5.56 Å². The number of aromatic amines is 1. The largest absolute Gasteiger partial charge is 0.336 e. The van der Waals surface area contributed by atoms with Crippen LogP contribution in [0.15, 0.2) is 15.0 Å². The van der Waals surface area contributed by atoms with Crippen LogP contribution in [0.1, 0.15) is 30.0 Å². The van der Waals surface area contributed by atoms with Crippen molar-refractivity contribution < 1.29 is 0 Å². The van der Waals surface area contributed by atoms with E-state index >= 15 is 0 Å². The molecule has 1 aliphatic rings. The van der Waals surface area contributed by atoms with Crippen molar-refractivity contribution in [1.29, 1.82) is 0 Å². The topological polar surface area (TPSA) is 67.8 Å². The highest BCUT2D eigenvalue weighted by Crippen LogP contribution is 2.40. The number of nitrogens with zero attached hydrogens (tertiary/aromatic N) is 2. The molecule has 1 saturated carbocycles. The predicted molar refractivity (Wildman–Crippen MR) is 70.1 cm³/mol. The van der Waals surface area contributed by atoms with Gasteiger partial charge in [0.05, 0.1) is 11.3 Å². The van der Waals surface area contributed by atoms with E-state index in [2.05, 4.69) is 9.97 Å². The molecule has 1 N–H and O–H groups in total. The Labute approximate surface area is 111 Å². The Bertz CT molecular complexity index is 727. The third-order valence-electron chi connectivity index (χ3n) is 2.97. The minimum absolute atomic E-state index is 0.0835. The van der Waals surface area contributed by atoms with Crippen molar-refractivity contribution in [3.05, 3.63) is 42.6 Å². The monoisotopic (exact) mass is 283 g/mol. The van der Waals surface area contributed by atoms with Gasteiger partial charge >= 0.3 is 5.69 Å². The zero-order valence-corrected chi connectivity index (χ0v) is 11.1. The molecule has 1 fully saturated rings. The molecule has 94 valence electrons. The number of rotatable bonds is 2. The lowest BCUT2D eigenvalue weighted by Crippen LogP contribution is -2.35. The number of nitrogens with one attached hydrogen (secondary N) is 1. The Kier molecular flexibility index (Phi) is 2.64. The van der Waals surface area contributed by atoms with Crippen LogP contribution in [0.5, 0.6) is 0 Å². The smallest absolute Gasteiger partial charge is 0.297 e. The van der Waals surface area contributed by atoms with Crippen molar-refractivity contribution in [2.45, 2.75) is 25.7 Å². The van der Waals surface area contributed by atoms with Gasteiger partial charge in [0.15, 0.2) is 0 Å². The highest BCUT2D eigenvalue weighted by molar-refractivity contribution is 7.12. The SMILES string of the molecule is Cc1c(Cl)[nH]c(=O)n(-c2nc(C3CC3)cs2)c1=O. The van der Waals surface area contributed by atoms with Crippen molar-refractivity contribution in [2.75, 3.05) is 0 Å². The predicted octanol–water partition coefficient (Wildman–Crippen LogP) is 1.82. The van der Waals surface area contributed by atoms with E-state index in [1.54, 1.807) is 6.92 Å². The quantitative estimate of drug-likeness (QED) is 0.855. The normalized spacial score (nSPS) is 15.0. The number of thiazole rings is 1. The third-order valence-corrected chi connectivity index (χ3v) is 4.19. The fourth-order valence-electron chi connectivity index (χ4n) is 1.72. The van der Waals surface area contributed by atoms with Crippen LogP contribution in [-0.2, 0) is 0 Å². The summed E-state index contributed by atoms with van der Waals surface area (Å²) in [7, 11) is 0. The van der Waals surface area contributed by atoms with Crippen molar-refractivity contribution >= 4 is 22.9 Å². The molecule has 0 amide bonds. The van der Waals surface area contributed by atoms with Crippen molar-refractivity contribution in [3.63, 3.8) is 0 Å². The van der Waals surface area contributed by atoms with E-state index in [1.807, 2.05) is 5.38 Å². The van der Waals surface area contributed by atoms with E-state index < -0.39 is 11.2 Å². The van der Waals surface area contributed by atoms with Crippen LogP contribution >= 0.6 is 22.9 Å². The summed E-state index contributed by atoms with van der Waals surface area (Å²) in [6.07, 6.45) is 2.27. The average Bonchev–Trinajstić information content (AvgIpc) is 3.07. The summed E-state index contributed by atoms with van der Waals surface area (Å²) in [5, 5.41) is 2.39. The van der Waals surface area contributed by atoms with E-state index in [-0.39, 0.29) is 5.15 Å². The van der Waals surface area contributed by atoms with E-state index in [0.29, 0.717) is 16.6 Å². The van der Waals surface area contributed by atoms with Crippen LogP contribution < -0.4 is 11.2 Å². The van der Waals surface area contributed by atoms with Crippen molar-refractivity contribution in [3.8, 4) is 5.13 Å². The highest BCUT2D eigenvalue weighted by atomic mass is 35.5. The van der Waals surface area contributed by atoms with Crippen LogP contribution in [0.4, 0.5) is 0 Å². The molecule has 5 nitrogen and oxygen atoms in total. The van der Waals surface area contributed by atoms with E-state index in [1.165, 1.54) is 11.3 Å². The zero-order valence-electron chi connectivity index (χ0n) is 9.57. The maximum atomic E-state index is 12.0. The molecule has 0 radical (unpaired) electrons. The summed E-state index contributed by atoms with van der Waals surface area (Å²) >= 11 is 7.06. The van der Waals surface area contributed by atoms with Gasteiger partial charge < -0.3 is 0 Å². The molecule has 3 rings (SSSR count). The van der Waals surface area contributed by atoms with Crippen LogP contribution in [0.3, 0.4) is 0 Å². The lowest BCUT2D eigenvalue weighted by atomic mass is 10.3. The molecule has 2 heterocycles. The number of halogens is 1. The molecule has 18 heavy (non-hydrogen) atoms. The summed E-state index contributed by atoms with van der Waals surface area (Å²) < 4.78 is 1.04. The minimum atomic E-state index is -0.549. The first-order chi connectivity index (χ1) is 8.58. The third kappa shape index (κ3) is 1.81. The number of H-pyrrole nitrogens is 1. The van der Waals surface area contributed by atoms with Gasteiger partial charge in [-0.3, -0.25) is 9.78 Å². The van der Waals surface area contributed by atoms with Crippen LogP contribution in [0, 0.1) is 6.92 Å². The molecule has 7 heteroatoms. The van der Waals surface area contributed by atoms with Gasteiger partial charge in [-0.15, -0.1) is 11.3 Å². The Hall–Kier alpha value is -1.40. The first-order valence-corrected chi connectivity index (χ1v) is 6.81. The lowest BCUT2D eigenvalue weighted by Gasteiger charge is -2.02. The van der Waals surface area contributed by atoms with Crippen molar-refractivity contribution in [1.82, 2.24) is 14.5 Å². The van der Waals surface area contributed by atoms with E-state index in [4.69, 9.17) is 11.6 Å². The molecule has 1 aliphatic carbocycles. The van der Waals surface area contributed by atoms with Crippen LogP contribution in [-0.4, -0.2) is 14.5 Å². The standard InChI is InChI=1S/C11H10ClN3O2S/c1-5-8(12)14-10(17)15(9(5)16)11-13-7(4-18-11)6-2-3-6/h4,6H,2-3H2,1H3,(H,14,17). The molecule has 0 atom stereocenters. The van der Waals surface area contributed by atoms with Gasteiger partial charge in [0.2, 0.25) is 5.13 Å². The van der Waals surface area contributed by atoms with Gasteiger partial charge in [-0.05, 0) is 19.8 Å². The summed E-state index contributed by atoms with van der Waals surface area (Å²) in [6, 6.07) is 0. The first kappa shape index (κ1) is 11.7. The summed E-state index contributed by atoms with van der Waals surface area (Å²) in [5.74, 6) is 0.498. The Morgan fingerprint density at radius 1 is 1.50 bits per heavy atom. The van der Waals surface area contributed by atoms with Crippen molar-refractivity contribution in [2.24, 2.45) is 0 Å². The van der Waals surface area contributed by atoms with Gasteiger partial charge in [-0.25, -0.2) is 14.3 Å². The lowest BCUT2D eigenvalue weighted by molar-refractivity contribution is 0.843. The fraction of sp³-hybridized carbons (Fsp3) is 0.364. The maximum Gasteiger partial charge on any atom is 0.336 e. The molecular formula is C11H10ClN3O2S. The zero-order chi connectivity index (χ0) is 12.9. The highest BCUT2D eigenvalue weighted by Gasteiger charge is 2.26. The molecule has 0 bridgehead atoms. The molecule has 0 saturated heterocycles. The molecule has 0 aliphatic heterocycles. The maximum absolute atomic E-state index is 12.0.